The highest BCUT2D eigenvalue weighted by atomic mass is 32.2. The van der Waals surface area contributed by atoms with E-state index in [1.54, 1.807) is 13.0 Å². The Morgan fingerprint density at radius 3 is 2.90 bits per heavy atom. The van der Waals surface area contributed by atoms with Gasteiger partial charge in [0.25, 0.3) is 5.91 Å². The first-order chi connectivity index (χ1) is 10.0. The van der Waals surface area contributed by atoms with E-state index in [4.69, 9.17) is 5.11 Å². The highest BCUT2D eigenvalue weighted by Gasteiger charge is 2.20. The van der Waals surface area contributed by atoms with E-state index in [1.807, 2.05) is 17.8 Å². The van der Waals surface area contributed by atoms with E-state index >= 15 is 0 Å². The number of hydrogen-bond acceptors (Lipinski definition) is 4. The molecule has 2 aromatic heterocycles. The summed E-state index contributed by atoms with van der Waals surface area (Å²) in [4.78, 5) is 28.1. The zero-order valence-corrected chi connectivity index (χ0v) is 13.0. The number of anilines is 1. The number of aromatic carboxylic acids is 1. The molecule has 0 unspecified atom stereocenters. The molecule has 0 atom stereocenters. The van der Waals surface area contributed by atoms with Crippen molar-refractivity contribution in [3.63, 3.8) is 0 Å². The average molecular weight is 322 g/mol. The second-order valence-corrected chi connectivity index (χ2v) is 7.10. The fourth-order valence-corrected chi connectivity index (χ4v) is 4.57. The standard InChI is InChI=1S/C14H14N2O3S2/c1-7-4-9(12(15-7)14(18)19)16-13(17)11-5-8-6-20-3-2-10(8)21-11/h4-5,15H,2-3,6H2,1H3,(H,16,17)(H,18,19). The second-order valence-electron chi connectivity index (χ2n) is 4.86. The van der Waals surface area contributed by atoms with Crippen molar-refractivity contribution in [3.8, 4) is 0 Å². The summed E-state index contributed by atoms with van der Waals surface area (Å²) in [6.45, 7) is 1.75. The van der Waals surface area contributed by atoms with Crippen molar-refractivity contribution in [1.29, 1.82) is 0 Å². The van der Waals surface area contributed by atoms with Crippen molar-refractivity contribution in [2.24, 2.45) is 0 Å². The Morgan fingerprint density at radius 2 is 2.19 bits per heavy atom. The summed E-state index contributed by atoms with van der Waals surface area (Å²) in [6, 6.07) is 3.55. The zero-order valence-electron chi connectivity index (χ0n) is 11.4. The van der Waals surface area contributed by atoms with Crippen LogP contribution in [0.4, 0.5) is 5.69 Å². The summed E-state index contributed by atoms with van der Waals surface area (Å²) in [6.07, 6.45) is 1.00. The number of nitrogens with one attached hydrogen (secondary N) is 2. The highest BCUT2D eigenvalue weighted by Crippen LogP contribution is 2.32. The molecule has 7 heteroatoms. The van der Waals surface area contributed by atoms with Crippen LogP contribution in [0.15, 0.2) is 12.1 Å². The number of fused-ring (bicyclic) bond motifs is 1. The molecule has 3 rings (SSSR count). The van der Waals surface area contributed by atoms with Crippen molar-refractivity contribution < 1.29 is 14.7 Å². The maximum absolute atomic E-state index is 12.3. The molecule has 0 bridgehead atoms. The largest absolute Gasteiger partial charge is 0.477 e. The first-order valence-corrected chi connectivity index (χ1v) is 8.45. The zero-order chi connectivity index (χ0) is 15.0. The molecule has 1 amide bonds. The fourth-order valence-electron chi connectivity index (χ4n) is 2.30. The summed E-state index contributed by atoms with van der Waals surface area (Å²) in [5.41, 5.74) is 2.25. The van der Waals surface area contributed by atoms with Gasteiger partial charge in [-0.15, -0.1) is 11.3 Å². The summed E-state index contributed by atoms with van der Waals surface area (Å²) < 4.78 is 0. The van der Waals surface area contributed by atoms with Gasteiger partial charge in [0.1, 0.15) is 5.69 Å². The maximum atomic E-state index is 12.3. The third-order valence-electron chi connectivity index (χ3n) is 3.27. The number of aryl methyl sites for hydroxylation is 2. The van der Waals surface area contributed by atoms with Crippen molar-refractivity contribution in [1.82, 2.24) is 4.98 Å². The lowest BCUT2D eigenvalue weighted by molar-refractivity contribution is 0.0692. The molecular formula is C14H14N2O3S2. The normalized spacial score (nSPS) is 13.8. The summed E-state index contributed by atoms with van der Waals surface area (Å²) in [7, 11) is 0. The monoisotopic (exact) mass is 322 g/mol. The Labute approximate surface area is 129 Å². The predicted octanol–water partition coefficient (Wildman–Crippen LogP) is 3.12. The predicted molar refractivity (Wildman–Crippen MR) is 84.6 cm³/mol. The number of amides is 1. The van der Waals surface area contributed by atoms with Crippen LogP contribution in [0.25, 0.3) is 0 Å². The number of carbonyl (C=O) groups excluding carboxylic acids is 1. The minimum atomic E-state index is -1.08. The van der Waals surface area contributed by atoms with Crippen LogP contribution >= 0.6 is 23.1 Å². The molecule has 1 aliphatic rings. The number of H-pyrrole nitrogens is 1. The van der Waals surface area contributed by atoms with E-state index in [0.29, 0.717) is 16.3 Å². The molecule has 3 heterocycles. The molecule has 0 saturated heterocycles. The van der Waals surface area contributed by atoms with E-state index < -0.39 is 5.97 Å². The van der Waals surface area contributed by atoms with E-state index in [-0.39, 0.29) is 11.6 Å². The molecule has 3 N–H and O–H groups in total. The Bertz CT molecular complexity index is 694. The van der Waals surface area contributed by atoms with Gasteiger partial charge in [0.05, 0.1) is 10.6 Å². The number of hydrogen-bond donors (Lipinski definition) is 3. The molecule has 110 valence electrons. The van der Waals surface area contributed by atoms with Crippen LogP contribution in [-0.2, 0) is 12.2 Å². The van der Waals surface area contributed by atoms with Crippen LogP contribution in [-0.4, -0.2) is 27.7 Å². The van der Waals surface area contributed by atoms with Gasteiger partial charge in [0, 0.05) is 16.3 Å². The molecule has 0 saturated carbocycles. The van der Waals surface area contributed by atoms with Crippen LogP contribution in [0.2, 0.25) is 0 Å². The molecule has 2 aromatic rings. The van der Waals surface area contributed by atoms with E-state index in [0.717, 1.165) is 17.9 Å². The quantitative estimate of drug-likeness (QED) is 0.811. The fraction of sp³-hybridized carbons (Fsp3) is 0.286. The number of aromatic nitrogens is 1. The molecule has 0 aromatic carbocycles. The third kappa shape index (κ3) is 2.84. The number of thioether (sulfide) groups is 1. The van der Waals surface area contributed by atoms with Crippen molar-refractivity contribution >= 4 is 40.7 Å². The van der Waals surface area contributed by atoms with E-state index in [1.165, 1.54) is 21.8 Å². The van der Waals surface area contributed by atoms with Gasteiger partial charge in [0.2, 0.25) is 0 Å². The lowest BCUT2D eigenvalue weighted by Gasteiger charge is -2.08. The third-order valence-corrected chi connectivity index (χ3v) is 5.51. The van der Waals surface area contributed by atoms with Crippen molar-refractivity contribution in [2.45, 2.75) is 19.1 Å². The summed E-state index contributed by atoms with van der Waals surface area (Å²) >= 11 is 3.37. The molecule has 5 nitrogen and oxygen atoms in total. The first kappa shape index (κ1) is 14.2. The molecule has 0 spiro atoms. The van der Waals surface area contributed by atoms with Crippen LogP contribution in [0.1, 0.15) is 36.3 Å². The van der Waals surface area contributed by atoms with E-state index in [9.17, 15) is 9.59 Å². The minimum Gasteiger partial charge on any atom is -0.477 e. The van der Waals surface area contributed by atoms with Gasteiger partial charge in [-0.3, -0.25) is 4.79 Å². The van der Waals surface area contributed by atoms with Crippen molar-refractivity contribution in [2.75, 3.05) is 11.1 Å². The van der Waals surface area contributed by atoms with Gasteiger partial charge in [-0.2, -0.15) is 11.8 Å². The van der Waals surface area contributed by atoms with Gasteiger partial charge in [-0.25, -0.2) is 4.79 Å². The number of rotatable bonds is 3. The Hall–Kier alpha value is -1.73. The van der Waals surface area contributed by atoms with Gasteiger partial charge < -0.3 is 15.4 Å². The number of carboxylic acid groups (broad SMARTS) is 1. The van der Waals surface area contributed by atoms with E-state index in [2.05, 4.69) is 10.3 Å². The molecule has 1 aliphatic heterocycles. The molecule has 0 fully saturated rings. The molecule has 0 radical (unpaired) electrons. The number of aromatic amines is 1. The Morgan fingerprint density at radius 1 is 1.38 bits per heavy atom. The van der Waals surface area contributed by atoms with Gasteiger partial charge in [0.15, 0.2) is 0 Å². The lowest BCUT2D eigenvalue weighted by Crippen LogP contribution is -2.12. The molecule has 0 aliphatic carbocycles. The SMILES string of the molecule is Cc1cc(NC(=O)c2cc3c(s2)CCSC3)c(C(=O)O)[nH]1. The number of carbonyl (C=O) groups is 2. The van der Waals surface area contributed by atoms with Crippen LogP contribution in [0, 0.1) is 6.92 Å². The second kappa shape index (κ2) is 5.57. The van der Waals surface area contributed by atoms with Crippen molar-refractivity contribution in [3.05, 3.63) is 38.8 Å². The van der Waals surface area contributed by atoms with Crippen LogP contribution in [0.3, 0.4) is 0 Å². The van der Waals surface area contributed by atoms with Crippen LogP contribution < -0.4 is 5.32 Å². The van der Waals surface area contributed by atoms with Gasteiger partial charge in [-0.1, -0.05) is 0 Å². The topological polar surface area (TPSA) is 82.2 Å². The minimum absolute atomic E-state index is 0.0118. The molecular weight excluding hydrogens is 308 g/mol. The Kier molecular flexibility index (Phi) is 3.77. The Balaban J connectivity index is 1.83. The summed E-state index contributed by atoms with van der Waals surface area (Å²) in [5.74, 6) is 0.707. The van der Waals surface area contributed by atoms with Gasteiger partial charge >= 0.3 is 5.97 Å². The number of carboxylic acids is 1. The lowest BCUT2D eigenvalue weighted by atomic mass is 10.2. The highest BCUT2D eigenvalue weighted by molar-refractivity contribution is 7.98. The van der Waals surface area contributed by atoms with Gasteiger partial charge in [-0.05, 0) is 36.8 Å². The van der Waals surface area contributed by atoms with Crippen LogP contribution in [0.5, 0.6) is 0 Å². The molecule has 21 heavy (non-hydrogen) atoms. The average Bonchev–Trinajstić information content (AvgIpc) is 3.02. The first-order valence-electron chi connectivity index (χ1n) is 6.48. The maximum Gasteiger partial charge on any atom is 0.354 e. The number of thiophene rings is 1. The summed E-state index contributed by atoms with van der Waals surface area (Å²) in [5, 5.41) is 11.8. The smallest absolute Gasteiger partial charge is 0.354 e.